The fraction of sp³-hybridized carbons (Fsp3) is 0.136. The smallest absolute Gasteiger partial charge is 0.255 e. The Kier molecular flexibility index (Phi) is 6.82. The van der Waals surface area contributed by atoms with Crippen LogP contribution in [0.15, 0.2) is 67.0 Å². The molecule has 2 aromatic carbocycles. The number of carbonyl (C=O) groups is 2. The molecule has 4 N–H and O–H groups in total. The van der Waals surface area contributed by atoms with Crippen molar-refractivity contribution < 1.29 is 18.4 Å². The average molecular weight is 410 g/mol. The molecule has 154 valence electrons. The van der Waals surface area contributed by atoms with Gasteiger partial charge in [-0.25, -0.2) is 8.78 Å². The van der Waals surface area contributed by atoms with Crippen LogP contribution in [0, 0.1) is 11.6 Å². The third kappa shape index (κ3) is 5.68. The van der Waals surface area contributed by atoms with E-state index in [9.17, 15) is 18.4 Å². The number of hydrogen-bond acceptors (Lipinski definition) is 4. The van der Waals surface area contributed by atoms with E-state index in [-0.39, 0.29) is 24.8 Å². The van der Waals surface area contributed by atoms with Crippen molar-refractivity contribution in [1.29, 1.82) is 0 Å². The van der Waals surface area contributed by atoms with Gasteiger partial charge in [-0.15, -0.1) is 0 Å². The lowest BCUT2D eigenvalue weighted by atomic mass is 10.0. The summed E-state index contributed by atoms with van der Waals surface area (Å²) in [5, 5.41) is 5.43. The molecule has 6 nitrogen and oxygen atoms in total. The quantitative estimate of drug-likeness (QED) is 0.558. The second-order valence-electron chi connectivity index (χ2n) is 6.65. The van der Waals surface area contributed by atoms with Crippen molar-refractivity contribution in [3.63, 3.8) is 0 Å². The van der Waals surface area contributed by atoms with Gasteiger partial charge in [0.2, 0.25) is 5.91 Å². The molecule has 2 amide bonds. The first kappa shape index (κ1) is 21.1. The van der Waals surface area contributed by atoms with Gasteiger partial charge in [-0.1, -0.05) is 18.2 Å². The summed E-state index contributed by atoms with van der Waals surface area (Å²) in [6.45, 7) is 0.158. The largest absolute Gasteiger partial charge is 0.354 e. The van der Waals surface area contributed by atoms with Gasteiger partial charge >= 0.3 is 0 Å². The SMILES string of the molecule is NC(CNC(=O)Cc1ccc(F)c(F)c1)c1ccc(C(=O)Nc2ccncc2)cc1. The Morgan fingerprint density at radius 2 is 1.67 bits per heavy atom. The molecule has 1 heterocycles. The molecule has 1 atom stereocenters. The van der Waals surface area contributed by atoms with E-state index in [0.29, 0.717) is 16.8 Å². The molecule has 30 heavy (non-hydrogen) atoms. The summed E-state index contributed by atoms with van der Waals surface area (Å²) in [5.41, 5.74) is 8.30. The van der Waals surface area contributed by atoms with E-state index in [1.54, 1.807) is 48.8 Å². The van der Waals surface area contributed by atoms with Gasteiger partial charge in [0, 0.05) is 36.2 Å². The number of aromatic nitrogens is 1. The number of benzene rings is 2. The summed E-state index contributed by atoms with van der Waals surface area (Å²) < 4.78 is 26.2. The van der Waals surface area contributed by atoms with Crippen molar-refractivity contribution >= 4 is 17.5 Å². The average Bonchev–Trinajstić information content (AvgIpc) is 2.75. The van der Waals surface area contributed by atoms with Crippen LogP contribution in [0.1, 0.15) is 27.5 Å². The molecule has 0 aliphatic carbocycles. The lowest BCUT2D eigenvalue weighted by Crippen LogP contribution is -2.32. The highest BCUT2D eigenvalue weighted by molar-refractivity contribution is 6.04. The van der Waals surface area contributed by atoms with Crippen LogP contribution in [0.5, 0.6) is 0 Å². The van der Waals surface area contributed by atoms with Gasteiger partial charge in [0.15, 0.2) is 11.6 Å². The summed E-state index contributed by atoms with van der Waals surface area (Å²) in [7, 11) is 0. The van der Waals surface area contributed by atoms with E-state index in [1.807, 2.05) is 0 Å². The molecule has 0 saturated carbocycles. The molecule has 0 aliphatic rings. The number of hydrogen-bond donors (Lipinski definition) is 3. The molecule has 0 aliphatic heterocycles. The molecule has 0 bridgehead atoms. The Morgan fingerprint density at radius 1 is 0.967 bits per heavy atom. The maximum atomic E-state index is 13.2. The van der Waals surface area contributed by atoms with Crippen molar-refractivity contribution in [2.24, 2.45) is 5.73 Å². The first-order valence-corrected chi connectivity index (χ1v) is 9.20. The van der Waals surface area contributed by atoms with Crippen LogP contribution in [0.25, 0.3) is 0 Å². The standard InChI is InChI=1S/C22H20F2N4O2/c23-18-6-1-14(11-19(18)24)12-21(29)27-13-20(25)15-2-4-16(5-3-15)22(30)28-17-7-9-26-10-8-17/h1-11,20H,12-13,25H2,(H,27,29)(H,26,28,30). The van der Waals surface area contributed by atoms with E-state index in [4.69, 9.17) is 5.73 Å². The zero-order valence-electron chi connectivity index (χ0n) is 15.9. The number of carbonyl (C=O) groups excluding carboxylic acids is 2. The molecular formula is C22H20F2N4O2. The van der Waals surface area contributed by atoms with Gasteiger partial charge in [-0.2, -0.15) is 0 Å². The van der Waals surface area contributed by atoms with Crippen molar-refractivity contribution in [3.8, 4) is 0 Å². The summed E-state index contributed by atoms with van der Waals surface area (Å²) in [6.07, 6.45) is 3.08. The Balaban J connectivity index is 1.51. The number of halogens is 2. The Labute approximate surface area is 172 Å². The molecule has 0 saturated heterocycles. The van der Waals surface area contributed by atoms with Crippen molar-refractivity contribution in [1.82, 2.24) is 10.3 Å². The topological polar surface area (TPSA) is 97.1 Å². The molecule has 1 unspecified atom stereocenters. The van der Waals surface area contributed by atoms with E-state index < -0.39 is 17.7 Å². The minimum Gasteiger partial charge on any atom is -0.354 e. The third-order valence-electron chi connectivity index (χ3n) is 4.41. The van der Waals surface area contributed by atoms with Gasteiger partial charge in [0.1, 0.15) is 0 Å². The lowest BCUT2D eigenvalue weighted by Gasteiger charge is -2.14. The van der Waals surface area contributed by atoms with Gasteiger partial charge in [-0.05, 0) is 47.5 Å². The predicted octanol–water partition coefficient (Wildman–Crippen LogP) is 2.97. The normalized spacial score (nSPS) is 11.6. The lowest BCUT2D eigenvalue weighted by molar-refractivity contribution is -0.120. The number of nitrogens with two attached hydrogens (primary N) is 1. The summed E-state index contributed by atoms with van der Waals surface area (Å²) in [4.78, 5) is 28.2. The van der Waals surface area contributed by atoms with Gasteiger partial charge < -0.3 is 16.4 Å². The van der Waals surface area contributed by atoms with Crippen LogP contribution in [-0.4, -0.2) is 23.3 Å². The monoisotopic (exact) mass is 410 g/mol. The van der Waals surface area contributed by atoms with E-state index in [2.05, 4.69) is 15.6 Å². The zero-order valence-corrected chi connectivity index (χ0v) is 15.9. The maximum absolute atomic E-state index is 13.2. The molecule has 0 spiro atoms. The number of rotatable bonds is 7. The molecule has 3 aromatic rings. The second-order valence-corrected chi connectivity index (χ2v) is 6.65. The van der Waals surface area contributed by atoms with Crippen LogP contribution in [0.2, 0.25) is 0 Å². The molecule has 1 aromatic heterocycles. The minimum absolute atomic E-state index is 0.0853. The molecule has 0 fully saturated rings. The second kappa shape index (κ2) is 9.71. The van der Waals surface area contributed by atoms with Crippen LogP contribution in [0.3, 0.4) is 0 Å². The highest BCUT2D eigenvalue weighted by atomic mass is 19.2. The van der Waals surface area contributed by atoms with E-state index >= 15 is 0 Å². The zero-order chi connectivity index (χ0) is 21.5. The summed E-state index contributed by atoms with van der Waals surface area (Å²) in [6, 6.07) is 12.9. The summed E-state index contributed by atoms with van der Waals surface area (Å²) >= 11 is 0. The van der Waals surface area contributed by atoms with Crippen molar-refractivity contribution in [3.05, 3.63) is 95.3 Å². The number of nitrogens with one attached hydrogen (secondary N) is 2. The number of anilines is 1. The van der Waals surface area contributed by atoms with Gasteiger partial charge in [0.05, 0.1) is 6.42 Å². The van der Waals surface area contributed by atoms with E-state index in [1.165, 1.54) is 6.07 Å². The fourth-order valence-corrected chi connectivity index (χ4v) is 2.76. The first-order valence-electron chi connectivity index (χ1n) is 9.20. The highest BCUT2D eigenvalue weighted by Gasteiger charge is 2.12. The van der Waals surface area contributed by atoms with Crippen LogP contribution in [-0.2, 0) is 11.2 Å². The Bertz CT molecular complexity index is 1030. The third-order valence-corrected chi connectivity index (χ3v) is 4.41. The maximum Gasteiger partial charge on any atom is 0.255 e. The number of amides is 2. The molecular weight excluding hydrogens is 390 g/mol. The van der Waals surface area contributed by atoms with Crippen molar-refractivity contribution in [2.45, 2.75) is 12.5 Å². The Hall–Kier alpha value is -3.65. The van der Waals surface area contributed by atoms with Crippen LogP contribution in [0.4, 0.5) is 14.5 Å². The number of nitrogens with zero attached hydrogens (tertiary/aromatic N) is 1. The van der Waals surface area contributed by atoms with E-state index in [0.717, 1.165) is 17.7 Å². The first-order chi connectivity index (χ1) is 14.4. The Morgan fingerprint density at radius 3 is 2.33 bits per heavy atom. The highest BCUT2D eigenvalue weighted by Crippen LogP contribution is 2.14. The van der Waals surface area contributed by atoms with Gasteiger partial charge in [-0.3, -0.25) is 14.6 Å². The van der Waals surface area contributed by atoms with Crippen LogP contribution < -0.4 is 16.4 Å². The number of pyridine rings is 1. The fourth-order valence-electron chi connectivity index (χ4n) is 2.76. The minimum atomic E-state index is -0.995. The predicted molar refractivity (Wildman–Crippen MR) is 109 cm³/mol. The van der Waals surface area contributed by atoms with Gasteiger partial charge in [0.25, 0.3) is 5.91 Å². The van der Waals surface area contributed by atoms with Crippen molar-refractivity contribution in [2.75, 3.05) is 11.9 Å². The molecule has 8 heteroatoms. The van der Waals surface area contributed by atoms with Crippen LogP contribution >= 0.6 is 0 Å². The molecule has 3 rings (SSSR count). The summed E-state index contributed by atoms with van der Waals surface area (Å²) in [5.74, 6) is -2.57. The molecule has 0 radical (unpaired) electrons.